The summed E-state index contributed by atoms with van der Waals surface area (Å²) >= 11 is 0. The molecule has 0 bridgehead atoms. The van der Waals surface area contributed by atoms with Crippen LogP contribution in [0.15, 0.2) is 35.4 Å². The van der Waals surface area contributed by atoms with E-state index in [4.69, 9.17) is 0 Å². The number of amides is 1. The van der Waals surface area contributed by atoms with Crippen molar-refractivity contribution in [1.29, 1.82) is 0 Å². The third-order valence-electron chi connectivity index (χ3n) is 5.51. The number of rotatable bonds is 5. The Morgan fingerprint density at radius 2 is 1.76 bits per heavy atom. The van der Waals surface area contributed by atoms with Crippen molar-refractivity contribution in [3.8, 4) is 0 Å². The van der Waals surface area contributed by atoms with Crippen LogP contribution in [0.25, 0.3) is 10.8 Å². The van der Waals surface area contributed by atoms with Gasteiger partial charge in [-0.2, -0.15) is 18.3 Å². The lowest BCUT2D eigenvalue weighted by molar-refractivity contribution is -0.138. The van der Waals surface area contributed by atoms with Crippen molar-refractivity contribution in [1.82, 2.24) is 25.1 Å². The van der Waals surface area contributed by atoms with Crippen LogP contribution in [0.1, 0.15) is 24.1 Å². The summed E-state index contributed by atoms with van der Waals surface area (Å²) in [5, 5.41) is 7.16. The van der Waals surface area contributed by atoms with Gasteiger partial charge in [-0.1, -0.05) is 0 Å². The van der Waals surface area contributed by atoms with Crippen molar-refractivity contribution in [2.24, 2.45) is 0 Å². The second kappa shape index (κ2) is 9.12. The number of nitrogens with zero attached hydrogens (tertiary/aromatic N) is 5. The quantitative estimate of drug-likeness (QED) is 0.584. The molecule has 1 amide bonds. The van der Waals surface area contributed by atoms with Gasteiger partial charge < -0.3 is 9.80 Å². The molecule has 33 heavy (non-hydrogen) atoms. The van der Waals surface area contributed by atoms with Crippen LogP contribution in [0.4, 0.5) is 23.5 Å². The van der Waals surface area contributed by atoms with E-state index in [1.54, 1.807) is 9.80 Å². The third kappa shape index (κ3) is 5.10. The highest BCUT2D eigenvalue weighted by atomic mass is 19.4. The van der Waals surface area contributed by atoms with Gasteiger partial charge in [0.25, 0.3) is 5.56 Å². The number of benzene rings is 1. The van der Waals surface area contributed by atoms with Gasteiger partial charge in [0.05, 0.1) is 16.6 Å². The fourth-order valence-corrected chi connectivity index (χ4v) is 3.74. The molecule has 0 atom stereocenters. The van der Waals surface area contributed by atoms with Gasteiger partial charge in [0, 0.05) is 50.4 Å². The SMILES string of the molecule is O=C(CCCc1n[nH]c(=O)c2cc(F)ccc12)N1CCN(c2ncc(C(F)(F)F)cn2)CC1. The Morgan fingerprint density at radius 3 is 2.42 bits per heavy atom. The highest BCUT2D eigenvalue weighted by molar-refractivity contribution is 5.83. The molecule has 1 aromatic carbocycles. The van der Waals surface area contributed by atoms with E-state index in [1.165, 1.54) is 12.1 Å². The van der Waals surface area contributed by atoms with E-state index in [2.05, 4.69) is 20.2 Å². The second-order valence-corrected chi connectivity index (χ2v) is 7.68. The molecule has 0 radical (unpaired) electrons. The first-order valence-corrected chi connectivity index (χ1v) is 10.3. The number of hydrogen-bond acceptors (Lipinski definition) is 6. The van der Waals surface area contributed by atoms with E-state index in [-0.39, 0.29) is 23.7 Å². The summed E-state index contributed by atoms with van der Waals surface area (Å²) in [6, 6.07) is 3.93. The smallest absolute Gasteiger partial charge is 0.339 e. The van der Waals surface area contributed by atoms with Crippen LogP contribution in [0.2, 0.25) is 0 Å². The molecule has 8 nitrogen and oxygen atoms in total. The molecule has 1 aliphatic rings. The number of anilines is 1. The Bertz CT molecular complexity index is 1200. The number of aryl methyl sites for hydroxylation is 1. The molecule has 0 unspecified atom stereocenters. The molecule has 2 aromatic heterocycles. The summed E-state index contributed by atoms with van der Waals surface area (Å²) in [7, 11) is 0. The van der Waals surface area contributed by atoms with Crippen LogP contribution in [-0.2, 0) is 17.4 Å². The average molecular weight is 464 g/mol. The van der Waals surface area contributed by atoms with E-state index in [0.29, 0.717) is 50.1 Å². The van der Waals surface area contributed by atoms with Crippen molar-refractivity contribution >= 4 is 22.6 Å². The summed E-state index contributed by atoms with van der Waals surface area (Å²) in [4.78, 5) is 35.4. The van der Waals surface area contributed by atoms with Gasteiger partial charge >= 0.3 is 6.18 Å². The van der Waals surface area contributed by atoms with Gasteiger partial charge in [0.15, 0.2) is 0 Å². The minimum absolute atomic E-state index is 0.0530. The van der Waals surface area contributed by atoms with Crippen molar-refractivity contribution in [3.05, 3.63) is 58.0 Å². The molecule has 1 aliphatic heterocycles. The lowest BCUT2D eigenvalue weighted by Gasteiger charge is -2.34. The van der Waals surface area contributed by atoms with Crippen LogP contribution in [0, 0.1) is 5.82 Å². The fourth-order valence-electron chi connectivity index (χ4n) is 3.74. The monoisotopic (exact) mass is 464 g/mol. The normalized spacial score (nSPS) is 14.7. The van der Waals surface area contributed by atoms with Crippen molar-refractivity contribution in [2.45, 2.75) is 25.4 Å². The number of carbonyl (C=O) groups excluding carboxylic acids is 1. The predicted octanol–water partition coefficient (Wildman–Crippen LogP) is 2.54. The van der Waals surface area contributed by atoms with Crippen molar-refractivity contribution < 1.29 is 22.4 Å². The lowest BCUT2D eigenvalue weighted by atomic mass is 10.1. The maximum absolute atomic E-state index is 13.4. The summed E-state index contributed by atoms with van der Waals surface area (Å²) in [6.45, 7) is 1.63. The number of halogens is 4. The minimum Gasteiger partial charge on any atom is -0.339 e. The number of nitrogens with one attached hydrogen (secondary N) is 1. The van der Waals surface area contributed by atoms with Crippen LogP contribution >= 0.6 is 0 Å². The Kier molecular flexibility index (Phi) is 6.25. The fraction of sp³-hybridized carbons (Fsp3) is 0.381. The third-order valence-corrected chi connectivity index (χ3v) is 5.51. The standard InChI is InChI=1S/C21H20F4N6O2/c22-14-4-5-15-16(10-14)19(33)29-28-17(15)2-1-3-18(32)30-6-8-31(9-7-30)20-26-11-13(12-27-20)21(23,24)25/h4-5,10-12H,1-3,6-9H2,(H,29,33). The van der Waals surface area contributed by atoms with Gasteiger partial charge in [-0.3, -0.25) is 9.59 Å². The van der Waals surface area contributed by atoms with Gasteiger partial charge in [-0.05, 0) is 31.0 Å². The Labute approximate surface area is 185 Å². The molecule has 1 fully saturated rings. The predicted molar refractivity (Wildman–Crippen MR) is 111 cm³/mol. The molecule has 0 aliphatic carbocycles. The Balaban J connectivity index is 1.29. The first kappa shape index (κ1) is 22.6. The second-order valence-electron chi connectivity index (χ2n) is 7.68. The molecule has 174 valence electrons. The maximum atomic E-state index is 13.4. The molecular weight excluding hydrogens is 444 g/mol. The van der Waals surface area contributed by atoms with E-state index in [1.807, 2.05) is 0 Å². The molecule has 1 saturated heterocycles. The lowest BCUT2D eigenvalue weighted by Crippen LogP contribution is -2.49. The zero-order valence-corrected chi connectivity index (χ0v) is 17.4. The zero-order valence-electron chi connectivity index (χ0n) is 17.4. The van der Waals surface area contributed by atoms with Crippen LogP contribution in [0.5, 0.6) is 0 Å². The van der Waals surface area contributed by atoms with Crippen LogP contribution < -0.4 is 10.5 Å². The number of carbonyl (C=O) groups is 1. The highest BCUT2D eigenvalue weighted by Gasteiger charge is 2.32. The number of aromatic amines is 1. The summed E-state index contributed by atoms with van der Waals surface area (Å²) < 4.78 is 51.4. The Hall–Kier alpha value is -3.57. The average Bonchev–Trinajstić information content (AvgIpc) is 2.80. The zero-order chi connectivity index (χ0) is 23.6. The molecule has 4 rings (SSSR count). The topological polar surface area (TPSA) is 95.1 Å². The summed E-state index contributed by atoms with van der Waals surface area (Å²) in [6.07, 6.45) is -1.79. The molecule has 0 spiro atoms. The minimum atomic E-state index is -4.49. The maximum Gasteiger partial charge on any atom is 0.419 e. The van der Waals surface area contributed by atoms with E-state index < -0.39 is 23.1 Å². The Morgan fingerprint density at radius 1 is 1.06 bits per heavy atom. The largest absolute Gasteiger partial charge is 0.419 e. The van der Waals surface area contributed by atoms with Crippen LogP contribution in [0.3, 0.4) is 0 Å². The highest BCUT2D eigenvalue weighted by Crippen LogP contribution is 2.28. The number of H-pyrrole nitrogens is 1. The molecule has 3 heterocycles. The molecule has 12 heteroatoms. The molecular formula is C21H20F4N6O2. The van der Waals surface area contributed by atoms with Crippen molar-refractivity contribution in [3.63, 3.8) is 0 Å². The van der Waals surface area contributed by atoms with Gasteiger partial charge in [-0.25, -0.2) is 19.5 Å². The molecule has 3 aromatic rings. The number of aromatic nitrogens is 4. The van der Waals surface area contributed by atoms with E-state index >= 15 is 0 Å². The first-order chi connectivity index (χ1) is 15.7. The van der Waals surface area contributed by atoms with E-state index in [0.717, 1.165) is 18.5 Å². The van der Waals surface area contributed by atoms with E-state index in [9.17, 15) is 27.2 Å². The first-order valence-electron chi connectivity index (χ1n) is 10.3. The molecule has 0 saturated carbocycles. The van der Waals surface area contributed by atoms with Gasteiger partial charge in [0.1, 0.15) is 5.82 Å². The number of fused-ring (bicyclic) bond motifs is 1. The number of piperazine rings is 1. The number of hydrogen-bond donors (Lipinski definition) is 1. The van der Waals surface area contributed by atoms with Crippen molar-refractivity contribution in [2.75, 3.05) is 31.1 Å². The number of alkyl halides is 3. The van der Waals surface area contributed by atoms with Crippen LogP contribution in [-0.4, -0.2) is 57.2 Å². The van der Waals surface area contributed by atoms with Gasteiger partial charge in [-0.15, -0.1) is 0 Å². The van der Waals surface area contributed by atoms with Gasteiger partial charge in [0.2, 0.25) is 11.9 Å². The summed E-state index contributed by atoms with van der Waals surface area (Å²) in [5.41, 5.74) is -0.796. The summed E-state index contributed by atoms with van der Waals surface area (Å²) in [5.74, 6) is -0.369. The molecule has 1 N–H and O–H groups in total.